The summed E-state index contributed by atoms with van der Waals surface area (Å²) in [6, 6.07) is 7.21. The summed E-state index contributed by atoms with van der Waals surface area (Å²) in [5.41, 5.74) is 1.15. The van der Waals surface area contributed by atoms with E-state index in [2.05, 4.69) is 29.4 Å². The van der Waals surface area contributed by atoms with Crippen LogP contribution in [-0.2, 0) is 0 Å². The zero-order valence-corrected chi connectivity index (χ0v) is 8.74. The van der Waals surface area contributed by atoms with Crippen LogP contribution in [0.4, 0.5) is 0 Å². The molecule has 1 aliphatic carbocycles. The highest BCUT2D eigenvalue weighted by Crippen LogP contribution is 2.20. The van der Waals surface area contributed by atoms with E-state index in [0.29, 0.717) is 12.1 Å². The van der Waals surface area contributed by atoms with Crippen molar-refractivity contribution < 1.29 is 0 Å². The van der Waals surface area contributed by atoms with Crippen LogP contribution in [0.3, 0.4) is 0 Å². The molecule has 1 aromatic rings. The van der Waals surface area contributed by atoms with Crippen LogP contribution in [0.1, 0.15) is 44.3 Å². The smallest absolute Gasteiger partial charge is 0.0570 e. The highest BCUT2D eigenvalue weighted by Gasteiger charge is 2.17. The van der Waals surface area contributed by atoms with Crippen molar-refractivity contribution in [3.05, 3.63) is 30.1 Å². The number of pyridine rings is 1. The van der Waals surface area contributed by atoms with Gasteiger partial charge in [0.25, 0.3) is 0 Å². The second kappa shape index (κ2) is 4.56. The summed E-state index contributed by atoms with van der Waals surface area (Å²) in [5.74, 6) is 0. The number of nitrogens with one attached hydrogen (secondary N) is 1. The largest absolute Gasteiger partial charge is 0.306 e. The van der Waals surface area contributed by atoms with Crippen molar-refractivity contribution in [3.63, 3.8) is 0 Å². The lowest BCUT2D eigenvalue weighted by molar-refractivity contribution is 0.455. The molecule has 1 fully saturated rings. The molecule has 0 saturated heterocycles. The van der Waals surface area contributed by atoms with Crippen molar-refractivity contribution in [2.45, 2.75) is 44.7 Å². The highest BCUT2D eigenvalue weighted by atomic mass is 15.0. The average Bonchev–Trinajstić information content (AvgIpc) is 2.72. The fourth-order valence-corrected chi connectivity index (χ4v) is 2.16. The fraction of sp³-hybridized carbons (Fsp3) is 0.583. The zero-order chi connectivity index (χ0) is 9.80. The fourth-order valence-electron chi connectivity index (χ4n) is 2.16. The zero-order valence-electron chi connectivity index (χ0n) is 8.74. The molecule has 2 nitrogen and oxygen atoms in total. The molecule has 0 bridgehead atoms. The number of nitrogens with zero attached hydrogens (tertiary/aromatic N) is 1. The van der Waals surface area contributed by atoms with Crippen LogP contribution in [0.5, 0.6) is 0 Å². The molecule has 1 aromatic heterocycles. The Hall–Kier alpha value is -0.890. The minimum atomic E-state index is 0.388. The van der Waals surface area contributed by atoms with Gasteiger partial charge in [-0.3, -0.25) is 4.98 Å². The maximum Gasteiger partial charge on any atom is 0.0570 e. The van der Waals surface area contributed by atoms with Crippen LogP contribution < -0.4 is 5.32 Å². The van der Waals surface area contributed by atoms with Crippen LogP contribution in [0.25, 0.3) is 0 Å². The van der Waals surface area contributed by atoms with Crippen LogP contribution in [0.15, 0.2) is 24.4 Å². The molecule has 1 atom stereocenters. The molecule has 1 aliphatic rings. The van der Waals surface area contributed by atoms with Crippen molar-refractivity contribution in [1.82, 2.24) is 10.3 Å². The maximum atomic E-state index is 4.36. The van der Waals surface area contributed by atoms with E-state index >= 15 is 0 Å². The Balaban J connectivity index is 1.92. The number of rotatable bonds is 3. The molecular weight excluding hydrogens is 172 g/mol. The molecule has 1 saturated carbocycles. The molecule has 2 rings (SSSR count). The Morgan fingerprint density at radius 3 is 2.79 bits per heavy atom. The van der Waals surface area contributed by atoms with E-state index in [1.165, 1.54) is 25.7 Å². The second-order valence-electron chi connectivity index (χ2n) is 4.12. The molecule has 1 N–H and O–H groups in total. The Morgan fingerprint density at radius 2 is 2.14 bits per heavy atom. The van der Waals surface area contributed by atoms with Gasteiger partial charge < -0.3 is 5.32 Å². The van der Waals surface area contributed by atoms with Gasteiger partial charge in [0.05, 0.1) is 5.69 Å². The second-order valence-corrected chi connectivity index (χ2v) is 4.12. The maximum absolute atomic E-state index is 4.36. The molecule has 0 aromatic carbocycles. The number of hydrogen-bond donors (Lipinski definition) is 1. The van der Waals surface area contributed by atoms with Gasteiger partial charge in [0.1, 0.15) is 0 Å². The first-order valence-corrected chi connectivity index (χ1v) is 5.53. The topological polar surface area (TPSA) is 24.9 Å². The van der Waals surface area contributed by atoms with Gasteiger partial charge in [0.15, 0.2) is 0 Å². The van der Waals surface area contributed by atoms with Gasteiger partial charge in [-0.05, 0) is 31.9 Å². The Bertz CT molecular complexity index is 265. The summed E-state index contributed by atoms with van der Waals surface area (Å²) >= 11 is 0. The lowest BCUT2D eigenvalue weighted by Gasteiger charge is -2.18. The van der Waals surface area contributed by atoms with E-state index in [1.54, 1.807) is 0 Å². The van der Waals surface area contributed by atoms with Crippen LogP contribution in [0, 0.1) is 0 Å². The summed E-state index contributed by atoms with van der Waals surface area (Å²) in [7, 11) is 0. The first-order valence-electron chi connectivity index (χ1n) is 5.53. The molecule has 1 unspecified atom stereocenters. The summed E-state index contributed by atoms with van der Waals surface area (Å²) in [6.07, 6.45) is 7.29. The van der Waals surface area contributed by atoms with E-state index in [1.807, 2.05) is 12.3 Å². The minimum absolute atomic E-state index is 0.388. The van der Waals surface area contributed by atoms with Gasteiger partial charge in [0, 0.05) is 18.3 Å². The monoisotopic (exact) mass is 190 g/mol. The van der Waals surface area contributed by atoms with E-state index in [0.717, 1.165) is 5.69 Å². The third-order valence-corrected chi connectivity index (χ3v) is 2.97. The standard InChI is InChI=1S/C12H18N2/c1-10(12-8-4-5-9-13-12)14-11-6-2-3-7-11/h4-5,8-11,14H,2-3,6-7H2,1H3. The summed E-state index contributed by atoms with van der Waals surface area (Å²) in [4.78, 5) is 4.36. The van der Waals surface area contributed by atoms with Gasteiger partial charge in [-0.15, -0.1) is 0 Å². The SMILES string of the molecule is CC(NC1CCCC1)c1ccccn1. The lowest BCUT2D eigenvalue weighted by Crippen LogP contribution is -2.29. The van der Waals surface area contributed by atoms with Gasteiger partial charge in [-0.25, -0.2) is 0 Å². The first-order chi connectivity index (χ1) is 6.86. The van der Waals surface area contributed by atoms with E-state index in [9.17, 15) is 0 Å². The molecule has 0 aliphatic heterocycles. The summed E-state index contributed by atoms with van der Waals surface area (Å²) in [6.45, 7) is 2.20. The van der Waals surface area contributed by atoms with Crippen molar-refractivity contribution in [1.29, 1.82) is 0 Å². The number of hydrogen-bond acceptors (Lipinski definition) is 2. The predicted molar refractivity (Wildman–Crippen MR) is 58.0 cm³/mol. The summed E-state index contributed by atoms with van der Waals surface area (Å²) < 4.78 is 0. The molecular formula is C12H18N2. The third kappa shape index (κ3) is 2.32. The number of aromatic nitrogens is 1. The van der Waals surface area contributed by atoms with Gasteiger partial charge in [-0.2, -0.15) is 0 Å². The van der Waals surface area contributed by atoms with Crippen LogP contribution in [-0.4, -0.2) is 11.0 Å². The van der Waals surface area contributed by atoms with Gasteiger partial charge in [0.2, 0.25) is 0 Å². The van der Waals surface area contributed by atoms with E-state index in [-0.39, 0.29) is 0 Å². The van der Waals surface area contributed by atoms with Gasteiger partial charge in [-0.1, -0.05) is 18.9 Å². The highest BCUT2D eigenvalue weighted by molar-refractivity contribution is 5.07. The van der Waals surface area contributed by atoms with E-state index in [4.69, 9.17) is 0 Å². The summed E-state index contributed by atoms with van der Waals surface area (Å²) in [5, 5.41) is 3.63. The molecule has 1 heterocycles. The average molecular weight is 190 g/mol. The lowest BCUT2D eigenvalue weighted by atomic mass is 10.1. The van der Waals surface area contributed by atoms with Crippen molar-refractivity contribution >= 4 is 0 Å². The van der Waals surface area contributed by atoms with Crippen LogP contribution in [0.2, 0.25) is 0 Å². The van der Waals surface area contributed by atoms with Crippen molar-refractivity contribution in [2.75, 3.05) is 0 Å². The molecule has 14 heavy (non-hydrogen) atoms. The van der Waals surface area contributed by atoms with Crippen LogP contribution >= 0.6 is 0 Å². The van der Waals surface area contributed by atoms with Crippen molar-refractivity contribution in [2.24, 2.45) is 0 Å². The minimum Gasteiger partial charge on any atom is -0.306 e. The third-order valence-electron chi connectivity index (χ3n) is 2.97. The molecule has 0 spiro atoms. The Morgan fingerprint density at radius 1 is 1.36 bits per heavy atom. The normalized spacial score (nSPS) is 19.8. The molecule has 76 valence electrons. The predicted octanol–water partition coefficient (Wildman–Crippen LogP) is 2.67. The Kier molecular flexibility index (Phi) is 3.14. The van der Waals surface area contributed by atoms with E-state index < -0.39 is 0 Å². The first kappa shape index (κ1) is 9.66. The molecule has 2 heteroatoms. The molecule has 0 radical (unpaired) electrons. The Labute approximate surface area is 85.7 Å². The molecule has 0 amide bonds. The van der Waals surface area contributed by atoms with Crippen molar-refractivity contribution in [3.8, 4) is 0 Å². The van der Waals surface area contributed by atoms with Gasteiger partial charge >= 0.3 is 0 Å². The quantitative estimate of drug-likeness (QED) is 0.792.